The molecule has 0 saturated carbocycles. The average Bonchev–Trinajstić information content (AvgIpc) is 2.65. The highest BCUT2D eigenvalue weighted by Crippen LogP contribution is 2.17. The first-order valence-electron chi connectivity index (χ1n) is 8.60. The molecular formula is C20H27FIN3O2. The number of hydrogen-bond acceptors (Lipinski definition) is 3. The minimum absolute atomic E-state index is 0. The summed E-state index contributed by atoms with van der Waals surface area (Å²) in [6.07, 6.45) is -0.987. The number of hydrogen-bond donors (Lipinski definition) is 2. The van der Waals surface area contributed by atoms with Gasteiger partial charge in [-0.15, -0.1) is 24.0 Å². The van der Waals surface area contributed by atoms with Crippen molar-refractivity contribution in [3.63, 3.8) is 0 Å². The molecule has 2 aromatic carbocycles. The molecule has 1 atom stereocenters. The van der Waals surface area contributed by atoms with Crippen molar-refractivity contribution in [3.05, 3.63) is 65.5 Å². The van der Waals surface area contributed by atoms with Gasteiger partial charge in [-0.25, -0.2) is 4.39 Å². The molecule has 0 aliphatic carbocycles. The molecule has 0 aliphatic rings. The van der Waals surface area contributed by atoms with Gasteiger partial charge in [-0.2, -0.15) is 0 Å². The summed E-state index contributed by atoms with van der Waals surface area (Å²) in [5, 5.41) is 13.4. The van der Waals surface area contributed by atoms with E-state index in [0.29, 0.717) is 19.0 Å². The number of methoxy groups -OCH3 is 1. The summed E-state index contributed by atoms with van der Waals surface area (Å²) in [7, 11) is 3.55. The van der Waals surface area contributed by atoms with Gasteiger partial charge < -0.3 is 20.1 Å². The lowest BCUT2D eigenvalue weighted by molar-refractivity contribution is 0.181. The fourth-order valence-electron chi connectivity index (χ4n) is 2.57. The van der Waals surface area contributed by atoms with Gasteiger partial charge >= 0.3 is 0 Å². The number of guanidine groups is 1. The number of nitrogens with one attached hydrogen (secondary N) is 1. The summed E-state index contributed by atoms with van der Waals surface area (Å²) in [6, 6.07) is 14.0. The van der Waals surface area contributed by atoms with Crippen LogP contribution in [0, 0.1) is 5.82 Å². The first kappa shape index (κ1) is 23.2. The Morgan fingerprint density at radius 3 is 2.48 bits per heavy atom. The predicted molar refractivity (Wildman–Crippen MR) is 117 cm³/mol. The molecule has 0 heterocycles. The molecular weight excluding hydrogens is 460 g/mol. The number of rotatable bonds is 7. The smallest absolute Gasteiger partial charge is 0.194 e. The third-order valence-corrected chi connectivity index (χ3v) is 3.95. The standard InChI is InChI=1S/C20H26FN3O2.HI/c1-4-22-20(23-13-19(25)17-7-5-6-8-18(17)21)24(2)14-15-9-11-16(26-3)12-10-15;/h5-12,19,25H,4,13-14H2,1-3H3,(H,22,23);1H. The Bertz CT molecular complexity index is 725. The van der Waals surface area contributed by atoms with Gasteiger partial charge in [-0.1, -0.05) is 30.3 Å². The van der Waals surface area contributed by atoms with Gasteiger partial charge in [0, 0.05) is 25.7 Å². The maximum atomic E-state index is 13.8. The number of aliphatic imine (C=N–C) groups is 1. The second-order valence-electron chi connectivity index (χ2n) is 5.94. The zero-order chi connectivity index (χ0) is 18.9. The van der Waals surface area contributed by atoms with Crippen LogP contribution in [-0.2, 0) is 6.54 Å². The molecule has 0 saturated heterocycles. The van der Waals surface area contributed by atoms with Crippen LogP contribution in [0.25, 0.3) is 0 Å². The van der Waals surface area contributed by atoms with E-state index in [1.807, 2.05) is 43.1 Å². The third kappa shape index (κ3) is 6.99. The van der Waals surface area contributed by atoms with Gasteiger partial charge in [0.15, 0.2) is 5.96 Å². The van der Waals surface area contributed by atoms with Gasteiger partial charge in [0.05, 0.1) is 13.7 Å². The van der Waals surface area contributed by atoms with Crippen molar-refractivity contribution in [1.82, 2.24) is 10.2 Å². The van der Waals surface area contributed by atoms with Gasteiger partial charge in [0.2, 0.25) is 0 Å². The van der Waals surface area contributed by atoms with E-state index in [0.717, 1.165) is 11.3 Å². The second kappa shape index (κ2) is 11.8. The minimum atomic E-state index is -0.987. The molecule has 2 N–H and O–H groups in total. The van der Waals surface area contributed by atoms with Crippen molar-refractivity contribution in [2.75, 3.05) is 27.2 Å². The first-order chi connectivity index (χ1) is 12.5. The fourth-order valence-corrected chi connectivity index (χ4v) is 2.57. The van der Waals surface area contributed by atoms with Gasteiger partial charge in [0.25, 0.3) is 0 Å². The van der Waals surface area contributed by atoms with E-state index >= 15 is 0 Å². The number of benzene rings is 2. The van der Waals surface area contributed by atoms with Crippen molar-refractivity contribution in [2.24, 2.45) is 4.99 Å². The van der Waals surface area contributed by atoms with E-state index in [9.17, 15) is 9.50 Å². The van der Waals surface area contributed by atoms with Crippen LogP contribution in [-0.4, -0.2) is 43.2 Å². The lowest BCUT2D eigenvalue weighted by Crippen LogP contribution is -2.38. The van der Waals surface area contributed by atoms with E-state index in [1.165, 1.54) is 6.07 Å². The summed E-state index contributed by atoms with van der Waals surface area (Å²) in [4.78, 5) is 6.41. The van der Waals surface area contributed by atoms with Crippen molar-refractivity contribution in [2.45, 2.75) is 19.6 Å². The molecule has 5 nitrogen and oxygen atoms in total. The predicted octanol–water partition coefficient (Wildman–Crippen LogP) is 3.58. The largest absolute Gasteiger partial charge is 0.497 e. The molecule has 148 valence electrons. The molecule has 0 aromatic heterocycles. The Balaban J connectivity index is 0.00000364. The van der Waals surface area contributed by atoms with Crippen molar-refractivity contribution in [3.8, 4) is 5.75 Å². The number of ether oxygens (including phenoxy) is 1. The normalized spacial score (nSPS) is 12.1. The SMILES string of the molecule is CCNC(=NCC(O)c1ccccc1F)N(C)Cc1ccc(OC)cc1.I. The molecule has 0 radical (unpaired) electrons. The number of aliphatic hydroxyl groups is 1. The fraction of sp³-hybridized carbons (Fsp3) is 0.350. The molecule has 0 amide bonds. The molecule has 27 heavy (non-hydrogen) atoms. The molecule has 0 aliphatic heterocycles. The summed E-state index contributed by atoms with van der Waals surface area (Å²) in [5.74, 6) is 1.04. The summed E-state index contributed by atoms with van der Waals surface area (Å²) in [5.41, 5.74) is 1.36. The van der Waals surface area contributed by atoms with E-state index in [-0.39, 0.29) is 36.1 Å². The second-order valence-corrected chi connectivity index (χ2v) is 5.94. The minimum Gasteiger partial charge on any atom is -0.497 e. The third-order valence-electron chi connectivity index (χ3n) is 3.95. The van der Waals surface area contributed by atoms with Crippen LogP contribution in [0.3, 0.4) is 0 Å². The van der Waals surface area contributed by atoms with Crippen LogP contribution in [0.5, 0.6) is 5.75 Å². The van der Waals surface area contributed by atoms with Crippen LogP contribution in [0.4, 0.5) is 4.39 Å². The van der Waals surface area contributed by atoms with Crippen molar-refractivity contribution >= 4 is 29.9 Å². The zero-order valence-corrected chi connectivity index (χ0v) is 18.2. The van der Waals surface area contributed by atoms with E-state index < -0.39 is 11.9 Å². The van der Waals surface area contributed by atoms with E-state index in [4.69, 9.17) is 4.74 Å². The lowest BCUT2D eigenvalue weighted by atomic mass is 10.1. The molecule has 7 heteroatoms. The zero-order valence-electron chi connectivity index (χ0n) is 15.9. The highest BCUT2D eigenvalue weighted by Gasteiger charge is 2.13. The van der Waals surface area contributed by atoms with Crippen molar-refractivity contribution in [1.29, 1.82) is 0 Å². The first-order valence-corrected chi connectivity index (χ1v) is 8.60. The highest BCUT2D eigenvalue weighted by atomic mass is 127. The topological polar surface area (TPSA) is 57.1 Å². The monoisotopic (exact) mass is 487 g/mol. The molecule has 1 unspecified atom stereocenters. The van der Waals surface area contributed by atoms with Gasteiger partial charge in [-0.3, -0.25) is 4.99 Å². The van der Waals surface area contributed by atoms with E-state index in [1.54, 1.807) is 25.3 Å². The number of nitrogens with zero attached hydrogens (tertiary/aromatic N) is 2. The van der Waals surface area contributed by atoms with Gasteiger partial charge in [0.1, 0.15) is 17.7 Å². The molecule has 2 aromatic rings. The van der Waals surface area contributed by atoms with Crippen molar-refractivity contribution < 1.29 is 14.2 Å². The molecule has 0 bridgehead atoms. The summed E-state index contributed by atoms with van der Waals surface area (Å²) < 4.78 is 18.9. The number of halogens is 2. The molecule has 0 spiro atoms. The van der Waals surface area contributed by atoms with Crippen LogP contribution < -0.4 is 10.1 Å². The number of aliphatic hydroxyl groups excluding tert-OH is 1. The Morgan fingerprint density at radius 2 is 1.89 bits per heavy atom. The van der Waals surface area contributed by atoms with Crippen LogP contribution in [0.2, 0.25) is 0 Å². The average molecular weight is 487 g/mol. The Hall–Kier alpha value is -1.87. The van der Waals surface area contributed by atoms with E-state index in [2.05, 4.69) is 10.3 Å². The van der Waals surface area contributed by atoms with Crippen LogP contribution >= 0.6 is 24.0 Å². The molecule has 0 fully saturated rings. The quantitative estimate of drug-likeness (QED) is 0.356. The lowest BCUT2D eigenvalue weighted by Gasteiger charge is -2.23. The van der Waals surface area contributed by atoms with Crippen LogP contribution in [0.1, 0.15) is 24.2 Å². The summed E-state index contributed by atoms with van der Waals surface area (Å²) >= 11 is 0. The maximum absolute atomic E-state index is 13.8. The Morgan fingerprint density at radius 1 is 1.22 bits per heavy atom. The Labute approximate surface area is 177 Å². The summed E-state index contributed by atoms with van der Waals surface area (Å²) in [6.45, 7) is 3.40. The molecule has 2 rings (SSSR count). The maximum Gasteiger partial charge on any atom is 0.194 e. The van der Waals surface area contributed by atoms with Crippen LogP contribution in [0.15, 0.2) is 53.5 Å². The van der Waals surface area contributed by atoms with Gasteiger partial charge in [-0.05, 0) is 30.7 Å². The highest BCUT2D eigenvalue weighted by molar-refractivity contribution is 14.0. The Kier molecular flexibility index (Phi) is 10.1.